The van der Waals surface area contributed by atoms with Gasteiger partial charge in [0, 0.05) is 0 Å². The smallest absolute Gasteiger partial charge is 0.412 e. The van der Waals surface area contributed by atoms with Gasteiger partial charge in [-0.1, -0.05) is 13.3 Å². The molecule has 0 bridgehead atoms. The van der Waals surface area contributed by atoms with Gasteiger partial charge in [-0.15, -0.1) is 0 Å². The van der Waals surface area contributed by atoms with Crippen molar-refractivity contribution in [2.24, 2.45) is 0 Å². The van der Waals surface area contributed by atoms with Gasteiger partial charge in [0.2, 0.25) is 0 Å². The molecular formula is C4H8FO3Si3. The van der Waals surface area contributed by atoms with Gasteiger partial charge in [0.1, 0.15) is 5.79 Å². The fourth-order valence-electron chi connectivity index (χ4n) is 0.661. The molecular weight excluding hydrogens is 199 g/mol. The number of halogens is 1. The van der Waals surface area contributed by atoms with E-state index in [4.69, 9.17) is 12.3 Å². The van der Waals surface area contributed by atoms with Crippen molar-refractivity contribution in [1.29, 1.82) is 0 Å². The van der Waals surface area contributed by atoms with E-state index in [9.17, 15) is 4.39 Å². The molecule has 11 heavy (non-hydrogen) atoms. The topological polar surface area (TPSA) is 27.7 Å². The minimum Gasteiger partial charge on any atom is -0.412 e. The van der Waals surface area contributed by atoms with E-state index < -0.39 is 15.1 Å². The SMILES string of the molecule is CCCC(F)[Si]1O[Si]O[Si]O1. The first-order valence-electron chi connectivity index (χ1n) is 3.35. The van der Waals surface area contributed by atoms with Gasteiger partial charge in [0.05, 0.1) is 0 Å². The van der Waals surface area contributed by atoms with Crippen LogP contribution in [0, 0.1) is 0 Å². The first-order chi connectivity index (χ1) is 5.34. The van der Waals surface area contributed by atoms with E-state index >= 15 is 0 Å². The van der Waals surface area contributed by atoms with Crippen LogP contribution in [-0.4, -0.2) is 35.1 Å². The van der Waals surface area contributed by atoms with Gasteiger partial charge in [-0.3, -0.25) is 0 Å². The van der Waals surface area contributed by atoms with Gasteiger partial charge < -0.3 is 12.3 Å². The summed E-state index contributed by atoms with van der Waals surface area (Å²) in [6.07, 6.45) is 1.36. The van der Waals surface area contributed by atoms with E-state index in [0.29, 0.717) is 6.42 Å². The van der Waals surface area contributed by atoms with Gasteiger partial charge in [-0.05, 0) is 6.42 Å². The lowest BCUT2D eigenvalue weighted by atomic mass is 10.4. The highest BCUT2D eigenvalue weighted by molar-refractivity contribution is 6.62. The lowest BCUT2D eigenvalue weighted by molar-refractivity contribution is 0.264. The molecule has 0 spiro atoms. The Morgan fingerprint density at radius 2 is 2.09 bits per heavy atom. The molecule has 0 N–H and O–H groups in total. The van der Waals surface area contributed by atoms with Crippen molar-refractivity contribution in [3.63, 3.8) is 0 Å². The van der Waals surface area contributed by atoms with Crippen molar-refractivity contribution in [2.45, 2.75) is 25.6 Å². The average Bonchev–Trinajstić information content (AvgIpc) is 2.07. The van der Waals surface area contributed by atoms with E-state index in [1.807, 2.05) is 6.92 Å². The van der Waals surface area contributed by atoms with Gasteiger partial charge >= 0.3 is 29.3 Å². The molecule has 7 heteroatoms. The summed E-state index contributed by atoms with van der Waals surface area (Å²) >= 11 is 0. The van der Waals surface area contributed by atoms with Crippen LogP contribution in [0.2, 0.25) is 0 Å². The summed E-state index contributed by atoms with van der Waals surface area (Å²) in [7, 11) is -1.71. The molecule has 1 aliphatic rings. The van der Waals surface area contributed by atoms with Crippen molar-refractivity contribution in [1.82, 2.24) is 0 Å². The third-order valence-corrected chi connectivity index (χ3v) is 4.91. The lowest BCUT2D eigenvalue weighted by Crippen LogP contribution is -2.42. The maximum absolute atomic E-state index is 13.0. The minimum absolute atomic E-state index is 0.0281. The van der Waals surface area contributed by atoms with Gasteiger partial charge in [0.15, 0.2) is 0 Å². The molecule has 0 aromatic rings. The van der Waals surface area contributed by atoms with Crippen LogP contribution in [0.5, 0.6) is 0 Å². The summed E-state index contributed by atoms with van der Waals surface area (Å²) in [4.78, 5) is 0. The Morgan fingerprint density at radius 1 is 1.45 bits per heavy atom. The third-order valence-electron chi connectivity index (χ3n) is 1.17. The molecule has 1 atom stereocenters. The predicted octanol–water partition coefficient (Wildman–Crippen LogP) is 0.284. The molecule has 1 saturated heterocycles. The highest BCUT2D eigenvalue weighted by atomic mass is 28.4. The van der Waals surface area contributed by atoms with Crippen molar-refractivity contribution in [2.75, 3.05) is 0 Å². The second-order valence-electron chi connectivity index (χ2n) is 2.05. The van der Waals surface area contributed by atoms with Gasteiger partial charge in [-0.25, -0.2) is 4.39 Å². The molecule has 0 aliphatic carbocycles. The molecule has 61 valence electrons. The van der Waals surface area contributed by atoms with Crippen LogP contribution in [0.15, 0.2) is 0 Å². The van der Waals surface area contributed by atoms with Crippen molar-refractivity contribution < 1.29 is 16.7 Å². The van der Waals surface area contributed by atoms with Crippen LogP contribution >= 0.6 is 0 Å². The van der Waals surface area contributed by atoms with Crippen LogP contribution < -0.4 is 0 Å². The summed E-state index contributed by atoms with van der Waals surface area (Å²) in [6, 6.07) is 0. The van der Waals surface area contributed by atoms with Crippen LogP contribution in [0.4, 0.5) is 4.39 Å². The van der Waals surface area contributed by atoms with Crippen LogP contribution in [0.3, 0.4) is 0 Å². The van der Waals surface area contributed by atoms with Crippen LogP contribution in [0.1, 0.15) is 19.8 Å². The second kappa shape index (κ2) is 5.17. The summed E-state index contributed by atoms with van der Waals surface area (Å²) in [5.41, 5.74) is 0. The van der Waals surface area contributed by atoms with E-state index in [-0.39, 0.29) is 20.0 Å². The van der Waals surface area contributed by atoms with Crippen molar-refractivity contribution >= 4 is 29.3 Å². The summed E-state index contributed by atoms with van der Waals surface area (Å²) in [6.45, 7) is 1.94. The van der Waals surface area contributed by atoms with Crippen LogP contribution in [0.25, 0.3) is 0 Å². The first-order valence-corrected chi connectivity index (χ1v) is 6.37. The molecule has 1 rings (SSSR count). The Bertz CT molecular complexity index is 111. The number of hydrogen-bond donors (Lipinski definition) is 0. The molecule has 1 unspecified atom stereocenters. The van der Waals surface area contributed by atoms with E-state index in [1.54, 1.807) is 0 Å². The normalized spacial score (nSPS) is 23.5. The standard InChI is InChI=1S/C4H8FO3Si3/c1-2-3-4(5)11-7-9-6-10-8-11/h4H,2-3H2,1H3. The highest BCUT2D eigenvalue weighted by Gasteiger charge is 2.31. The molecule has 0 amide bonds. The van der Waals surface area contributed by atoms with E-state index in [1.165, 1.54) is 0 Å². The molecule has 0 saturated carbocycles. The molecule has 1 heterocycles. The summed E-state index contributed by atoms with van der Waals surface area (Å²) < 4.78 is 27.9. The summed E-state index contributed by atoms with van der Waals surface area (Å²) in [5, 5.41) is 0. The Kier molecular flexibility index (Phi) is 4.49. The average molecular weight is 207 g/mol. The van der Waals surface area contributed by atoms with E-state index in [0.717, 1.165) is 6.42 Å². The van der Waals surface area contributed by atoms with E-state index in [2.05, 4.69) is 0 Å². The Balaban J connectivity index is 2.21. The van der Waals surface area contributed by atoms with Crippen molar-refractivity contribution in [3.8, 4) is 0 Å². The number of alkyl halides is 1. The summed E-state index contributed by atoms with van der Waals surface area (Å²) in [5.74, 6) is -0.908. The Labute approximate surface area is 72.2 Å². The molecule has 1 aliphatic heterocycles. The highest BCUT2D eigenvalue weighted by Crippen LogP contribution is 2.09. The number of hydrogen-bond acceptors (Lipinski definition) is 3. The molecule has 5 radical (unpaired) electrons. The fourth-order valence-corrected chi connectivity index (χ4v) is 4.63. The van der Waals surface area contributed by atoms with Gasteiger partial charge in [-0.2, -0.15) is 0 Å². The van der Waals surface area contributed by atoms with Crippen LogP contribution in [-0.2, 0) is 12.3 Å². The molecule has 3 nitrogen and oxygen atoms in total. The fraction of sp³-hybridized carbons (Fsp3) is 1.00. The Hall–Kier alpha value is 0.461. The quantitative estimate of drug-likeness (QED) is 0.622. The zero-order chi connectivity index (χ0) is 8.10. The molecule has 0 aromatic heterocycles. The Morgan fingerprint density at radius 3 is 2.64 bits per heavy atom. The zero-order valence-electron chi connectivity index (χ0n) is 6.09. The largest absolute Gasteiger partial charge is 0.412 e. The minimum atomic E-state index is -1.66. The monoisotopic (exact) mass is 207 g/mol. The van der Waals surface area contributed by atoms with Crippen molar-refractivity contribution in [3.05, 3.63) is 0 Å². The lowest BCUT2D eigenvalue weighted by Gasteiger charge is -2.20. The second-order valence-corrected chi connectivity index (χ2v) is 6.10. The third kappa shape index (κ3) is 3.13. The maximum Gasteiger partial charge on any atom is 0.412 e. The zero-order valence-corrected chi connectivity index (χ0v) is 9.09. The first kappa shape index (κ1) is 9.55. The maximum atomic E-state index is 13.0. The number of rotatable bonds is 3. The molecule has 1 fully saturated rings. The predicted molar refractivity (Wildman–Crippen MR) is 40.3 cm³/mol. The van der Waals surface area contributed by atoms with Gasteiger partial charge in [0.25, 0.3) is 0 Å². The molecule has 0 aromatic carbocycles.